The van der Waals surface area contributed by atoms with Crippen molar-refractivity contribution < 1.29 is 18.0 Å². The summed E-state index contributed by atoms with van der Waals surface area (Å²) >= 11 is 0. The van der Waals surface area contributed by atoms with Crippen molar-refractivity contribution in [1.82, 2.24) is 19.8 Å². The molecule has 4 atom stereocenters. The molecule has 0 spiro atoms. The highest BCUT2D eigenvalue weighted by molar-refractivity contribution is 7.89. The van der Waals surface area contributed by atoms with Crippen LogP contribution in [0.4, 0.5) is 0 Å². The maximum atomic E-state index is 13.1. The first-order chi connectivity index (χ1) is 14.3. The Labute approximate surface area is 177 Å². The number of amides is 2. The fourth-order valence-electron chi connectivity index (χ4n) is 4.76. The zero-order chi connectivity index (χ0) is 21.5. The van der Waals surface area contributed by atoms with Gasteiger partial charge in [0.1, 0.15) is 6.04 Å². The summed E-state index contributed by atoms with van der Waals surface area (Å²) in [5.74, 6) is -0.810. The molecular formula is C21H28N4O4S. The van der Waals surface area contributed by atoms with Crippen molar-refractivity contribution >= 4 is 21.8 Å². The fourth-order valence-corrected chi connectivity index (χ4v) is 6.21. The quantitative estimate of drug-likeness (QED) is 0.726. The molecule has 0 saturated carbocycles. The van der Waals surface area contributed by atoms with Gasteiger partial charge in [-0.15, -0.1) is 0 Å². The Morgan fingerprint density at radius 1 is 1.17 bits per heavy atom. The Morgan fingerprint density at radius 3 is 2.43 bits per heavy atom. The van der Waals surface area contributed by atoms with Crippen molar-refractivity contribution in [2.24, 2.45) is 0 Å². The third-order valence-electron chi connectivity index (χ3n) is 6.50. The SMILES string of the molecule is Cc1ccc(S(=O)(=O)N2C=CNC(=O)[C@H]2CC(=O)N[C@H]2C[C@H]3CC[C@@H](C2)N3C)cc1. The van der Waals surface area contributed by atoms with Crippen LogP contribution in [0.25, 0.3) is 0 Å². The molecule has 1 aromatic carbocycles. The van der Waals surface area contributed by atoms with Gasteiger partial charge in [0.15, 0.2) is 0 Å². The minimum absolute atomic E-state index is 0.0653. The van der Waals surface area contributed by atoms with Gasteiger partial charge >= 0.3 is 0 Å². The van der Waals surface area contributed by atoms with Crippen LogP contribution < -0.4 is 10.6 Å². The molecule has 0 aromatic heterocycles. The van der Waals surface area contributed by atoms with E-state index in [1.807, 2.05) is 6.92 Å². The second-order valence-corrected chi connectivity index (χ2v) is 10.3. The normalized spacial score (nSPS) is 29.0. The van der Waals surface area contributed by atoms with Gasteiger partial charge in [-0.1, -0.05) is 17.7 Å². The minimum atomic E-state index is -3.96. The summed E-state index contributed by atoms with van der Waals surface area (Å²) in [5.41, 5.74) is 0.934. The molecule has 2 fully saturated rings. The van der Waals surface area contributed by atoms with Gasteiger partial charge in [-0.05, 0) is 51.8 Å². The van der Waals surface area contributed by atoms with Crippen LogP contribution >= 0.6 is 0 Å². The van der Waals surface area contributed by atoms with Crippen LogP contribution in [-0.4, -0.2) is 60.7 Å². The highest BCUT2D eigenvalue weighted by atomic mass is 32.2. The van der Waals surface area contributed by atoms with E-state index in [0.717, 1.165) is 35.6 Å². The highest BCUT2D eigenvalue weighted by Gasteiger charge is 2.40. The number of carbonyl (C=O) groups excluding carboxylic acids is 2. The summed E-state index contributed by atoms with van der Waals surface area (Å²) < 4.78 is 27.2. The van der Waals surface area contributed by atoms with E-state index in [1.165, 1.54) is 24.5 Å². The van der Waals surface area contributed by atoms with E-state index >= 15 is 0 Å². The van der Waals surface area contributed by atoms with Gasteiger partial charge in [0.05, 0.1) is 11.3 Å². The lowest BCUT2D eigenvalue weighted by Crippen LogP contribution is -2.53. The molecule has 3 aliphatic heterocycles. The summed E-state index contributed by atoms with van der Waals surface area (Å²) in [6, 6.07) is 6.34. The van der Waals surface area contributed by atoms with Crippen LogP contribution in [0.2, 0.25) is 0 Å². The lowest BCUT2D eigenvalue weighted by atomic mass is 9.97. The molecule has 0 aliphatic carbocycles. The maximum Gasteiger partial charge on any atom is 0.264 e. The van der Waals surface area contributed by atoms with Crippen molar-refractivity contribution in [2.75, 3.05) is 7.05 Å². The van der Waals surface area contributed by atoms with E-state index in [-0.39, 0.29) is 23.3 Å². The third-order valence-corrected chi connectivity index (χ3v) is 8.29. The Kier molecular flexibility index (Phi) is 5.59. The number of hydrogen-bond donors (Lipinski definition) is 2. The monoisotopic (exact) mass is 432 g/mol. The van der Waals surface area contributed by atoms with Gasteiger partial charge < -0.3 is 15.5 Å². The largest absolute Gasteiger partial charge is 0.353 e. The molecule has 2 N–H and O–H groups in total. The smallest absolute Gasteiger partial charge is 0.264 e. The molecule has 2 bridgehead atoms. The number of nitrogens with one attached hydrogen (secondary N) is 2. The minimum Gasteiger partial charge on any atom is -0.353 e. The van der Waals surface area contributed by atoms with E-state index in [1.54, 1.807) is 12.1 Å². The molecular weight excluding hydrogens is 404 g/mol. The van der Waals surface area contributed by atoms with Gasteiger partial charge in [-0.2, -0.15) is 0 Å². The number of aryl methyl sites for hydroxylation is 1. The maximum absolute atomic E-state index is 13.1. The topological polar surface area (TPSA) is 98.8 Å². The Hall–Kier alpha value is -2.39. The van der Waals surface area contributed by atoms with Gasteiger partial charge in [0.25, 0.3) is 10.0 Å². The molecule has 3 heterocycles. The van der Waals surface area contributed by atoms with Crippen molar-refractivity contribution in [1.29, 1.82) is 0 Å². The number of rotatable bonds is 5. The molecule has 30 heavy (non-hydrogen) atoms. The molecule has 0 unspecified atom stereocenters. The summed E-state index contributed by atoms with van der Waals surface area (Å²) in [5, 5.41) is 5.56. The number of piperidine rings is 1. The summed E-state index contributed by atoms with van der Waals surface area (Å²) in [4.78, 5) is 27.7. The number of hydrogen-bond acceptors (Lipinski definition) is 5. The summed E-state index contributed by atoms with van der Waals surface area (Å²) in [6.07, 6.45) is 6.45. The second-order valence-electron chi connectivity index (χ2n) is 8.48. The summed E-state index contributed by atoms with van der Waals surface area (Å²) in [7, 11) is -1.82. The highest BCUT2D eigenvalue weighted by Crippen LogP contribution is 2.34. The van der Waals surface area contributed by atoms with E-state index in [4.69, 9.17) is 0 Å². The van der Waals surface area contributed by atoms with Crippen molar-refractivity contribution in [3.05, 3.63) is 42.2 Å². The van der Waals surface area contributed by atoms with Crippen LogP contribution in [0.1, 0.15) is 37.7 Å². The molecule has 3 aliphatic rings. The van der Waals surface area contributed by atoms with Crippen molar-refractivity contribution in [3.8, 4) is 0 Å². The molecule has 8 nitrogen and oxygen atoms in total. The van der Waals surface area contributed by atoms with E-state index < -0.39 is 22.0 Å². The number of carbonyl (C=O) groups is 2. The molecule has 9 heteroatoms. The predicted molar refractivity (Wildman–Crippen MR) is 112 cm³/mol. The van der Waals surface area contributed by atoms with Crippen molar-refractivity contribution in [2.45, 2.75) is 68.1 Å². The standard InChI is InChI=1S/C21H28N4O4S/c1-14-3-7-18(8-4-14)30(28,29)25-10-9-22-21(27)19(25)13-20(26)23-15-11-16-5-6-17(12-15)24(16)2/h3-4,7-10,15-17,19H,5-6,11-13H2,1-2H3,(H,22,27)(H,23,26)/t15-,16+,17-,19-/m1/s1. The average Bonchev–Trinajstić information content (AvgIpc) is 2.90. The first-order valence-electron chi connectivity index (χ1n) is 10.3. The lowest BCUT2D eigenvalue weighted by molar-refractivity contribution is -0.130. The first kappa shape index (κ1) is 20.9. The Bertz CT molecular complexity index is 946. The van der Waals surface area contributed by atoms with Crippen LogP contribution in [0.15, 0.2) is 41.6 Å². The summed E-state index contributed by atoms with van der Waals surface area (Å²) in [6.45, 7) is 1.87. The fraction of sp³-hybridized carbons (Fsp3) is 0.524. The molecule has 162 valence electrons. The Morgan fingerprint density at radius 2 is 1.80 bits per heavy atom. The van der Waals surface area contributed by atoms with Crippen LogP contribution in [0.3, 0.4) is 0 Å². The van der Waals surface area contributed by atoms with E-state index in [0.29, 0.717) is 12.1 Å². The second kappa shape index (κ2) is 8.03. The van der Waals surface area contributed by atoms with Gasteiger partial charge in [0, 0.05) is 30.5 Å². The van der Waals surface area contributed by atoms with Gasteiger partial charge in [0.2, 0.25) is 11.8 Å². The zero-order valence-electron chi connectivity index (χ0n) is 17.2. The number of benzene rings is 1. The zero-order valence-corrected chi connectivity index (χ0v) is 18.1. The molecule has 0 radical (unpaired) electrons. The predicted octanol–water partition coefficient (Wildman–Crippen LogP) is 1.09. The van der Waals surface area contributed by atoms with Gasteiger partial charge in [-0.25, -0.2) is 8.42 Å². The van der Waals surface area contributed by atoms with Crippen LogP contribution in [0.5, 0.6) is 0 Å². The van der Waals surface area contributed by atoms with Crippen LogP contribution in [-0.2, 0) is 19.6 Å². The molecule has 2 amide bonds. The van der Waals surface area contributed by atoms with Crippen LogP contribution in [0, 0.1) is 6.92 Å². The lowest BCUT2D eigenvalue weighted by Gasteiger charge is -2.37. The molecule has 1 aromatic rings. The van der Waals surface area contributed by atoms with E-state index in [2.05, 4.69) is 22.6 Å². The number of sulfonamides is 1. The average molecular weight is 433 g/mol. The molecule has 4 rings (SSSR count). The van der Waals surface area contributed by atoms with E-state index in [9.17, 15) is 18.0 Å². The van der Waals surface area contributed by atoms with Crippen molar-refractivity contribution in [3.63, 3.8) is 0 Å². The Balaban J connectivity index is 1.47. The first-order valence-corrected chi connectivity index (χ1v) is 11.8. The van der Waals surface area contributed by atoms with Gasteiger partial charge in [-0.3, -0.25) is 13.9 Å². The third kappa shape index (κ3) is 3.96. The molecule has 2 saturated heterocycles. The number of nitrogens with zero attached hydrogens (tertiary/aromatic N) is 2. The number of fused-ring (bicyclic) bond motifs is 2.